The summed E-state index contributed by atoms with van der Waals surface area (Å²) in [6, 6.07) is 18.8. The van der Waals surface area contributed by atoms with Crippen molar-refractivity contribution in [3.63, 3.8) is 0 Å². The molecule has 5 nitrogen and oxygen atoms in total. The minimum atomic E-state index is -0.360. The number of Topliss-reactive ketones (excluding diaryl/α,β-unsaturated/α-hetero) is 1. The number of aryl methyl sites for hydroxylation is 1. The summed E-state index contributed by atoms with van der Waals surface area (Å²) in [7, 11) is 0. The highest BCUT2D eigenvalue weighted by molar-refractivity contribution is 8.00. The van der Waals surface area contributed by atoms with E-state index in [1.54, 1.807) is 36.7 Å². The Balaban J connectivity index is 1.74. The van der Waals surface area contributed by atoms with Gasteiger partial charge in [0.15, 0.2) is 16.8 Å². The number of nitrogens with zero attached hydrogens (tertiary/aromatic N) is 4. The van der Waals surface area contributed by atoms with E-state index in [0.717, 1.165) is 16.8 Å². The fourth-order valence-electron chi connectivity index (χ4n) is 3.15. The Labute approximate surface area is 184 Å². The first-order chi connectivity index (χ1) is 14.5. The maximum Gasteiger partial charge on any atom is 0.196 e. The van der Waals surface area contributed by atoms with Crippen molar-refractivity contribution in [3.8, 4) is 17.1 Å². The molecule has 4 rings (SSSR count). The van der Waals surface area contributed by atoms with Crippen LogP contribution in [0.2, 0.25) is 5.02 Å². The van der Waals surface area contributed by atoms with Gasteiger partial charge in [0.25, 0.3) is 0 Å². The number of ketones is 1. The predicted molar refractivity (Wildman–Crippen MR) is 120 cm³/mol. The molecule has 2 aromatic heterocycles. The molecule has 2 heterocycles. The molecular formula is C23H19ClN4OS. The number of hydrogen-bond acceptors (Lipinski definition) is 5. The van der Waals surface area contributed by atoms with E-state index in [-0.39, 0.29) is 11.0 Å². The van der Waals surface area contributed by atoms with Crippen molar-refractivity contribution in [2.75, 3.05) is 0 Å². The van der Waals surface area contributed by atoms with Crippen molar-refractivity contribution in [2.24, 2.45) is 0 Å². The number of rotatable bonds is 6. The Morgan fingerprint density at radius 2 is 1.80 bits per heavy atom. The Morgan fingerprint density at radius 1 is 1.03 bits per heavy atom. The third-order valence-electron chi connectivity index (χ3n) is 4.69. The molecule has 0 saturated carbocycles. The van der Waals surface area contributed by atoms with Gasteiger partial charge in [-0.05, 0) is 49.7 Å². The lowest BCUT2D eigenvalue weighted by Crippen LogP contribution is -2.14. The number of benzene rings is 2. The molecule has 0 aliphatic rings. The van der Waals surface area contributed by atoms with Gasteiger partial charge in [-0.15, -0.1) is 10.2 Å². The minimum absolute atomic E-state index is 0.00713. The van der Waals surface area contributed by atoms with Gasteiger partial charge in [0.05, 0.1) is 10.9 Å². The van der Waals surface area contributed by atoms with Crippen molar-refractivity contribution in [1.29, 1.82) is 0 Å². The lowest BCUT2D eigenvalue weighted by atomic mass is 10.1. The lowest BCUT2D eigenvalue weighted by molar-refractivity contribution is 0.0994. The van der Waals surface area contributed by atoms with E-state index in [0.29, 0.717) is 21.6 Å². The van der Waals surface area contributed by atoms with Gasteiger partial charge in [-0.1, -0.05) is 53.7 Å². The maximum atomic E-state index is 12.9. The van der Waals surface area contributed by atoms with Crippen LogP contribution >= 0.6 is 23.4 Å². The highest BCUT2D eigenvalue weighted by Gasteiger charge is 2.23. The van der Waals surface area contributed by atoms with Crippen molar-refractivity contribution in [1.82, 2.24) is 19.7 Å². The molecule has 2 aromatic carbocycles. The first kappa shape index (κ1) is 20.3. The third-order valence-corrected chi connectivity index (χ3v) is 5.97. The van der Waals surface area contributed by atoms with E-state index in [2.05, 4.69) is 15.2 Å². The second-order valence-corrected chi connectivity index (χ2v) is 8.54. The van der Waals surface area contributed by atoms with Crippen LogP contribution < -0.4 is 0 Å². The zero-order valence-electron chi connectivity index (χ0n) is 16.5. The molecule has 0 spiro atoms. The molecule has 30 heavy (non-hydrogen) atoms. The van der Waals surface area contributed by atoms with Crippen LogP contribution in [0, 0.1) is 6.92 Å². The number of aromatic nitrogens is 4. The van der Waals surface area contributed by atoms with Crippen molar-refractivity contribution < 1.29 is 4.79 Å². The van der Waals surface area contributed by atoms with E-state index >= 15 is 0 Å². The van der Waals surface area contributed by atoms with Crippen LogP contribution in [-0.2, 0) is 0 Å². The van der Waals surface area contributed by atoms with Crippen LogP contribution in [-0.4, -0.2) is 30.8 Å². The Kier molecular flexibility index (Phi) is 5.97. The molecule has 7 heteroatoms. The molecule has 0 aliphatic carbocycles. The van der Waals surface area contributed by atoms with Gasteiger partial charge >= 0.3 is 0 Å². The molecule has 4 aromatic rings. The van der Waals surface area contributed by atoms with E-state index in [4.69, 9.17) is 11.6 Å². The van der Waals surface area contributed by atoms with Gasteiger partial charge in [-0.25, -0.2) is 0 Å². The highest BCUT2D eigenvalue weighted by atomic mass is 35.5. The summed E-state index contributed by atoms with van der Waals surface area (Å²) in [5.74, 6) is 0.698. The molecule has 0 amide bonds. The summed E-state index contributed by atoms with van der Waals surface area (Å²) in [5, 5.41) is 9.69. The molecule has 0 aliphatic heterocycles. The number of pyridine rings is 1. The van der Waals surface area contributed by atoms with Crippen LogP contribution in [0.5, 0.6) is 0 Å². The molecule has 0 unspecified atom stereocenters. The third kappa shape index (κ3) is 4.15. The number of carbonyl (C=O) groups is 1. The number of para-hydroxylation sites is 1. The van der Waals surface area contributed by atoms with E-state index < -0.39 is 0 Å². The standard InChI is InChI=1S/C23H19ClN4OS/c1-15-6-3-4-9-20(15)28-22(17-10-12-25-13-11-17)26-27-23(28)30-16(2)21(29)18-7-5-8-19(24)14-18/h3-14,16H,1-2H3/t16-/m0/s1. The molecule has 0 bridgehead atoms. The molecule has 150 valence electrons. The first-order valence-electron chi connectivity index (χ1n) is 9.43. The zero-order chi connectivity index (χ0) is 21.1. The maximum absolute atomic E-state index is 12.9. The highest BCUT2D eigenvalue weighted by Crippen LogP contribution is 2.32. The summed E-state index contributed by atoms with van der Waals surface area (Å²) >= 11 is 7.44. The minimum Gasteiger partial charge on any atom is -0.293 e. The molecule has 1 atom stereocenters. The topological polar surface area (TPSA) is 60.7 Å². The SMILES string of the molecule is Cc1ccccc1-n1c(S[C@@H](C)C(=O)c2cccc(Cl)c2)nnc1-c1ccncc1. The normalized spacial score (nSPS) is 12.0. The van der Waals surface area contributed by atoms with Gasteiger partial charge in [0.1, 0.15) is 0 Å². The average Bonchev–Trinajstić information content (AvgIpc) is 3.17. The van der Waals surface area contributed by atoms with E-state index in [1.807, 2.05) is 54.8 Å². The van der Waals surface area contributed by atoms with Gasteiger partial charge in [0, 0.05) is 28.5 Å². The Hall–Kier alpha value is -2.96. The molecule has 0 radical (unpaired) electrons. The predicted octanol–water partition coefficient (Wildman–Crippen LogP) is 5.65. The van der Waals surface area contributed by atoms with Gasteiger partial charge in [0.2, 0.25) is 0 Å². The first-order valence-corrected chi connectivity index (χ1v) is 10.7. The summed E-state index contributed by atoms with van der Waals surface area (Å²) in [6.07, 6.45) is 3.45. The number of thioether (sulfide) groups is 1. The van der Waals surface area contributed by atoms with Crippen molar-refractivity contribution in [2.45, 2.75) is 24.3 Å². The molecular weight excluding hydrogens is 416 g/mol. The monoisotopic (exact) mass is 434 g/mol. The number of halogens is 1. The second kappa shape index (κ2) is 8.81. The summed E-state index contributed by atoms with van der Waals surface area (Å²) in [6.45, 7) is 3.91. The van der Waals surface area contributed by atoms with Gasteiger partial charge < -0.3 is 0 Å². The zero-order valence-corrected chi connectivity index (χ0v) is 18.1. The smallest absolute Gasteiger partial charge is 0.196 e. The van der Waals surface area contributed by atoms with Crippen molar-refractivity contribution >= 4 is 29.1 Å². The van der Waals surface area contributed by atoms with Gasteiger partial charge in [-0.3, -0.25) is 14.3 Å². The Bertz CT molecular complexity index is 1190. The largest absolute Gasteiger partial charge is 0.293 e. The quantitative estimate of drug-likeness (QED) is 0.289. The summed E-state index contributed by atoms with van der Waals surface area (Å²) in [5.41, 5.74) is 3.54. The average molecular weight is 435 g/mol. The molecule has 0 saturated heterocycles. The van der Waals surface area contributed by atoms with Crippen LogP contribution in [0.1, 0.15) is 22.8 Å². The molecule has 0 fully saturated rings. The fraction of sp³-hybridized carbons (Fsp3) is 0.130. The Morgan fingerprint density at radius 3 is 2.53 bits per heavy atom. The van der Waals surface area contributed by atoms with Crippen LogP contribution in [0.4, 0.5) is 0 Å². The fourth-order valence-corrected chi connectivity index (χ4v) is 4.28. The molecule has 0 N–H and O–H groups in total. The number of carbonyl (C=O) groups excluding carboxylic acids is 1. The van der Waals surface area contributed by atoms with Crippen LogP contribution in [0.25, 0.3) is 17.1 Å². The van der Waals surface area contributed by atoms with E-state index in [1.165, 1.54) is 11.8 Å². The summed E-state index contributed by atoms with van der Waals surface area (Å²) < 4.78 is 2.00. The number of hydrogen-bond donors (Lipinski definition) is 0. The van der Waals surface area contributed by atoms with Gasteiger partial charge in [-0.2, -0.15) is 0 Å². The second-order valence-electron chi connectivity index (χ2n) is 6.80. The van der Waals surface area contributed by atoms with Crippen LogP contribution in [0.15, 0.2) is 78.2 Å². The van der Waals surface area contributed by atoms with Crippen molar-refractivity contribution in [3.05, 3.63) is 89.2 Å². The summed E-state index contributed by atoms with van der Waals surface area (Å²) in [4.78, 5) is 17.0. The van der Waals surface area contributed by atoms with E-state index in [9.17, 15) is 4.79 Å². The van der Waals surface area contributed by atoms with Crippen LogP contribution in [0.3, 0.4) is 0 Å². The lowest BCUT2D eigenvalue weighted by Gasteiger charge is -2.15.